The Morgan fingerprint density at radius 1 is 1.20 bits per heavy atom. The number of carbonyl (C=O) groups is 1. The smallest absolute Gasteiger partial charge is 0.242 e. The molecule has 0 heterocycles. The van der Waals surface area contributed by atoms with Crippen LogP contribution in [0.5, 0.6) is 0 Å². The lowest BCUT2D eigenvalue weighted by Gasteiger charge is -2.18. The van der Waals surface area contributed by atoms with Crippen LogP contribution in [0.15, 0.2) is 29.3 Å². The van der Waals surface area contributed by atoms with Gasteiger partial charge in [0.05, 0.1) is 6.04 Å². The predicted molar refractivity (Wildman–Crippen MR) is 104 cm³/mol. The van der Waals surface area contributed by atoms with Gasteiger partial charge in [0, 0.05) is 12.6 Å². The topological polar surface area (TPSA) is 65.5 Å². The third kappa shape index (κ3) is 7.16. The summed E-state index contributed by atoms with van der Waals surface area (Å²) in [5.41, 5.74) is 2.57. The molecule has 138 valence electrons. The number of aliphatic imine (C=N–C) groups is 1. The number of amides is 1. The second-order valence-corrected chi connectivity index (χ2v) is 7.24. The van der Waals surface area contributed by atoms with Gasteiger partial charge in [-0.3, -0.25) is 4.79 Å². The van der Waals surface area contributed by atoms with E-state index < -0.39 is 0 Å². The highest BCUT2D eigenvalue weighted by Gasteiger charge is 2.22. The van der Waals surface area contributed by atoms with Gasteiger partial charge in [-0.1, -0.05) is 38.1 Å². The molecule has 2 rings (SSSR count). The molecule has 0 saturated heterocycles. The lowest BCUT2D eigenvalue weighted by Crippen LogP contribution is -2.39. The van der Waals surface area contributed by atoms with Crippen LogP contribution in [-0.2, 0) is 11.2 Å². The van der Waals surface area contributed by atoms with Crippen LogP contribution in [0.4, 0.5) is 0 Å². The van der Waals surface area contributed by atoms with Crippen LogP contribution in [-0.4, -0.2) is 31.0 Å². The first-order chi connectivity index (χ1) is 12.0. The average molecular weight is 345 g/mol. The van der Waals surface area contributed by atoms with Crippen LogP contribution in [0, 0.1) is 5.92 Å². The Kier molecular flexibility index (Phi) is 7.29. The predicted octanol–water partition coefficient (Wildman–Crippen LogP) is 2.78. The third-order valence-corrected chi connectivity index (χ3v) is 4.14. The Labute approximate surface area is 151 Å². The highest BCUT2D eigenvalue weighted by molar-refractivity contribution is 5.85. The maximum Gasteiger partial charge on any atom is 0.242 e. The van der Waals surface area contributed by atoms with Crippen LogP contribution >= 0.6 is 0 Å². The fraction of sp³-hybridized carbons (Fsp3) is 0.600. The lowest BCUT2D eigenvalue weighted by atomic mass is 10.00. The Bertz CT molecular complexity index is 576. The quantitative estimate of drug-likeness (QED) is 0.502. The Balaban J connectivity index is 1.91. The summed E-state index contributed by atoms with van der Waals surface area (Å²) in [5, 5.41) is 9.54. The van der Waals surface area contributed by atoms with Crippen LogP contribution in [0.25, 0.3) is 0 Å². The fourth-order valence-electron chi connectivity index (χ4n) is 2.67. The SMILES string of the molecule is CCNC(=NCC(=O)NC1CC1)NC(C)c1ccc(CC(C)C)cc1. The van der Waals surface area contributed by atoms with E-state index in [4.69, 9.17) is 0 Å². The highest BCUT2D eigenvalue weighted by Crippen LogP contribution is 2.18. The van der Waals surface area contributed by atoms with Crippen molar-refractivity contribution in [2.75, 3.05) is 13.1 Å². The summed E-state index contributed by atoms with van der Waals surface area (Å²) in [6.45, 7) is 9.51. The van der Waals surface area contributed by atoms with E-state index in [9.17, 15) is 4.79 Å². The molecule has 1 aromatic carbocycles. The number of nitrogens with zero attached hydrogens (tertiary/aromatic N) is 1. The van der Waals surface area contributed by atoms with E-state index in [1.165, 1.54) is 11.1 Å². The number of carbonyl (C=O) groups excluding carboxylic acids is 1. The highest BCUT2D eigenvalue weighted by atomic mass is 16.2. The number of nitrogens with one attached hydrogen (secondary N) is 3. The average Bonchev–Trinajstić information content (AvgIpc) is 3.37. The second kappa shape index (κ2) is 9.44. The van der Waals surface area contributed by atoms with E-state index in [1.807, 2.05) is 6.92 Å². The van der Waals surface area contributed by atoms with E-state index in [2.05, 4.69) is 66.0 Å². The van der Waals surface area contributed by atoms with E-state index >= 15 is 0 Å². The summed E-state index contributed by atoms with van der Waals surface area (Å²) in [7, 11) is 0. The first-order valence-electron chi connectivity index (χ1n) is 9.41. The van der Waals surface area contributed by atoms with E-state index in [0.29, 0.717) is 17.9 Å². The number of hydrogen-bond donors (Lipinski definition) is 3. The Morgan fingerprint density at radius 2 is 1.88 bits per heavy atom. The molecule has 0 bridgehead atoms. The number of guanidine groups is 1. The molecule has 0 spiro atoms. The van der Waals surface area contributed by atoms with Crippen molar-refractivity contribution >= 4 is 11.9 Å². The van der Waals surface area contributed by atoms with Crippen LogP contribution in [0.2, 0.25) is 0 Å². The van der Waals surface area contributed by atoms with Crippen LogP contribution < -0.4 is 16.0 Å². The van der Waals surface area contributed by atoms with Crippen molar-refractivity contribution in [1.82, 2.24) is 16.0 Å². The lowest BCUT2D eigenvalue weighted by molar-refractivity contribution is -0.119. The zero-order valence-electron chi connectivity index (χ0n) is 15.9. The van der Waals surface area contributed by atoms with Gasteiger partial charge in [0.15, 0.2) is 5.96 Å². The molecule has 1 aromatic rings. The van der Waals surface area contributed by atoms with Gasteiger partial charge < -0.3 is 16.0 Å². The van der Waals surface area contributed by atoms with Gasteiger partial charge in [0.1, 0.15) is 6.54 Å². The minimum atomic E-state index is -0.00889. The molecular weight excluding hydrogens is 312 g/mol. The van der Waals surface area contributed by atoms with E-state index in [0.717, 1.165) is 25.8 Å². The summed E-state index contributed by atoms with van der Waals surface area (Å²) < 4.78 is 0. The van der Waals surface area contributed by atoms with Crippen molar-refractivity contribution in [1.29, 1.82) is 0 Å². The van der Waals surface area contributed by atoms with Gasteiger partial charge in [0.25, 0.3) is 0 Å². The molecule has 1 saturated carbocycles. The van der Waals surface area contributed by atoms with Crippen molar-refractivity contribution in [3.8, 4) is 0 Å². The number of hydrogen-bond acceptors (Lipinski definition) is 2. The van der Waals surface area contributed by atoms with Crippen molar-refractivity contribution in [2.24, 2.45) is 10.9 Å². The normalized spacial score (nSPS) is 15.8. The molecule has 5 heteroatoms. The van der Waals surface area contributed by atoms with Gasteiger partial charge in [-0.15, -0.1) is 0 Å². The number of rotatable bonds is 8. The Morgan fingerprint density at radius 3 is 2.44 bits per heavy atom. The van der Waals surface area contributed by atoms with E-state index in [-0.39, 0.29) is 18.5 Å². The molecular formula is C20H32N4O. The fourth-order valence-corrected chi connectivity index (χ4v) is 2.67. The minimum Gasteiger partial charge on any atom is -0.357 e. The zero-order valence-corrected chi connectivity index (χ0v) is 15.9. The van der Waals surface area contributed by atoms with E-state index in [1.54, 1.807) is 0 Å². The molecule has 25 heavy (non-hydrogen) atoms. The molecule has 1 atom stereocenters. The van der Waals surface area contributed by atoms with Gasteiger partial charge >= 0.3 is 0 Å². The van der Waals surface area contributed by atoms with Gasteiger partial charge in [-0.05, 0) is 50.2 Å². The molecule has 1 amide bonds. The van der Waals surface area contributed by atoms with Gasteiger partial charge in [-0.25, -0.2) is 4.99 Å². The second-order valence-electron chi connectivity index (χ2n) is 7.24. The molecule has 5 nitrogen and oxygen atoms in total. The molecule has 0 aliphatic heterocycles. The van der Waals surface area contributed by atoms with Crippen LogP contribution in [0.3, 0.4) is 0 Å². The number of benzene rings is 1. The zero-order chi connectivity index (χ0) is 18.2. The first-order valence-corrected chi connectivity index (χ1v) is 9.41. The van der Waals surface area contributed by atoms with Crippen molar-refractivity contribution in [3.05, 3.63) is 35.4 Å². The van der Waals surface area contributed by atoms with Gasteiger partial charge in [-0.2, -0.15) is 0 Å². The largest absolute Gasteiger partial charge is 0.357 e. The molecule has 1 aliphatic rings. The summed E-state index contributed by atoms with van der Waals surface area (Å²) in [6, 6.07) is 9.22. The third-order valence-electron chi connectivity index (χ3n) is 4.14. The maximum absolute atomic E-state index is 11.8. The summed E-state index contributed by atoms with van der Waals surface area (Å²) >= 11 is 0. The molecule has 0 aromatic heterocycles. The molecule has 1 aliphatic carbocycles. The first kappa shape index (κ1) is 19.3. The molecule has 1 unspecified atom stereocenters. The Hall–Kier alpha value is -2.04. The minimum absolute atomic E-state index is 0.00889. The van der Waals surface area contributed by atoms with Gasteiger partial charge in [0.2, 0.25) is 5.91 Å². The molecule has 1 fully saturated rings. The van der Waals surface area contributed by atoms with Crippen LogP contribution in [0.1, 0.15) is 57.7 Å². The standard InChI is InChI=1S/C20H32N4O/c1-5-21-20(22-13-19(25)24-18-10-11-18)23-15(4)17-8-6-16(7-9-17)12-14(2)3/h6-9,14-15,18H,5,10-13H2,1-4H3,(H,24,25)(H2,21,22,23). The maximum atomic E-state index is 11.8. The summed E-state index contributed by atoms with van der Waals surface area (Å²) in [4.78, 5) is 16.2. The molecule has 3 N–H and O–H groups in total. The monoisotopic (exact) mass is 344 g/mol. The van der Waals surface area contributed by atoms with Crippen molar-refractivity contribution in [2.45, 2.75) is 59.0 Å². The summed E-state index contributed by atoms with van der Waals surface area (Å²) in [6.07, 6.45) is 3.29. The van der Waals surface area contributed by atoms with Crippen molar-refractivity contribution in [3.63, 3.8) is 0 Å². The summed E-state index contributed by atoms with van der Waals surface area (Å²) in [5.74, 6) is 1.33. The molecule has 0 radical (unpaired) electrons. The van der Waals surface area contributed by atoms with Crippen molar-refractivity contribution < 1.29 is 4.79 Å².